The van der Waals surface area contributed by atoms with Gasteiger partial charge in [-0.1, -0.05) is 17.8 Å². The summed E-state index contributed by atoms with van der Waals surface area (Å²) in [5, 5.41) is 9.84. The van der Waals surface area contributed by atoms with Crippen molar-refractivity contribution in [1.29, 1.82) is 0 Å². The first kappa shape index (κ1) is 15.1. The smallest absolute Gasteiger partial charge is 0.232 e. The molecule has 0 N–H and O–H groups in total. The van der Waals surface area contributed by atoms with Crippen molar-refractivity contribution in [1.82, 2.24) is 15.2 Å². The average Bonchev–Trinajstić information content (AvgIpc) is 2.96. The number of ether oxygens (including phenoxy) is 1. The fourth-order valence-electron chi connectivity index (χ4n) is 2.29. The first-order chi connectivity index (χ1) is 10.8. The standard InChI is InChI=1S/C15H18N4O2S/c1-21-10-9-19(14(20)12-3-2-4-12)15-18-17-13(22-15)11-5-7-16-8-6-11/h5-8,12H,2-4,9-10H2,1H3. The van der Waals surface area contributed by atoms with Crippen molar-refractivity contribution < 1.29 is 9.53 Å². The minimum atomic E-state index is 0.130. The molecule has 2 aromatic heterocycles. The van der Waals surface area contributed by atoms with Crippen LogP contribution in [-0.2, 0) is 9.53 Å². The van der Waals surface area contributed by atoms with E-state index in [4.69, 9.17) is 4.74 Å². The molecule has 3 rings (SSSR count). The van der Waals surface area contributed by atoms with Crippen molar-refractivity contribution in [3.8, 4) is 10.6 Å². The summed E-state index contributed by atoms with van der Waals surface area (Å²) in [6, 6.07) is 3.77. The third-order valence-corrected chi connectivity index (χ3v) is 4.81. The van der Waals surface area contributed by atoms with Crippen molar-refractivity contribution >= 4 is 22.4 Å². The number of hydrogen-bond acceptors (Lipinski definition) is 6. The molecule has 0 aliphatic heterocycles. The summed E-state index contributed by atoms with van der Waals surface area (Å²) in [6.45, 7) is 0.999. The van der Waals surface area contributed by atoms with Gasteiger partial charge in [0.25, 0.3) is 0 Å². The number of rotatable bonds is 6. The Morgan fingerprint density at radius 3 is 2.77 bits per heavy atom. The molecule has 0 atom stereocenters. The van der Waals surface area contributed by atoms with E-state index < -0.39 is 0 Å². The zero-order valence-corrected chi connectivity index (χ0v) is 13.3. The maximum absolute atomic E-state index is 12.6. The zero-order valence-electron chi connectivity index (χ0n) is 12.4. The Morgan fingerprint density at radius 2 is 2.14 bits per heavy atom. The molecule has 116 valence electrons. The van der Waals surface area contributed by atoms with Crippen LogP contribution < -0.4 is 4.90 Å². The number of anilines is 1. The quantitative estimate of drug-likeness (QED) is 0.818. The van der Waals surface area contributed by atoms with Gasteiger partial charge in [-0.3, -0.25) is 14.7 Å². The lowest BCUT2D eigenvalue weighted by Crippen LogP contribution is -2.40. The predicted molar refractivity (Wildman–Crippen MR) is 84.7 cm³/mol. The molecule has 0 spiro atoms. The van der Waals surface area contributed by atoms with Crippen LogP contribution >= 0.6 is 11.3 Å². The Balaban J connectivity index is 1.81. The molecule has 1 amide bonds. The Hall–Kier alpha value is -1.86. The molecule has 2 heterocycles. The number of pyridine rings is 1. The first-order valence-electron chi connectivity index (χ1n) is 7.34. The van der Waals surface area contributed by atoms with Crippen LogP contribution in [0.1, 0.15) is 19.3 Å². The highest BCUT2D eigenvalue weighted by Crippen LogP contribution is 2.33. The molecule has 7 heteroatoms. The number of carbonyl (C=O) groups is 1. The van der Waals surface area contributed by atoms with E-state index in [0.717, 1.165) is 29.8 Å². The number of amides is 1. The van der Waals surface area contributed by atoms with Gasteiger partial charge in [-0.2, -0.15) is 0 Å². The molecule has 1 aliphatic rings. The number of carbonyl (C=O) groups excluding carboxylic acids is 1. The van der Waals surface area contributed by atoms with Crippen LogP contribution in [0.5, 0.6) is 0 Å². The van der Waals surface area contributed by atoms with Crippen LogP contribution in [0.2, 0.25) is 0 Å². The Kier molecular flexibility index (Phi) is 4.74. The van der Waals surface area contributed by atoms with Gasteiger partial charge in [-0.25, -0.2) is 0 Å². The average molecular weight is 318 g/mol. The van der Waals surface area contributed by atoms with Crippen molar-refractivity contribution in [3.05, 3.63) is 24.5 Å². The Labute approximate surface area is 133 Å². The summed E-state index contributed by atoms with van der Waals surface area (Å²) in [5.74, 6) is 0.269. The molecule has 22 heavy (non-hydrogen) atoms. The fraction of sp³-hybridized carbons (Fsp3) is 0.467. The largest absolute Gasteiger partial charge is 0.383 e. The predicted octanol–water partition coefficient (Wildman–Crippen LogP) is 2.38. The van der Waals surface area contributed by atoms with Gasteiger partial charge in [0.1, 0.15) is 5.01 Å². The van der Waals surface area contributed by atoms with Crippen LogP contribution in [0, 0.1) is 5.92 Å². The lowest BCUT2D eigenvalue weighted by atomic mass is 9.84. The molecule has 0 saturated heterocycles. The molecular weight excluding hydrogens is 300 g/mol. The molecule has 1 fully saturated rings. The van der Waals surface area contributed by atoms with E-state index in [1.807, 2.05) is 12.1 Å². The molecule has 1 saturated carbocycles. The third kappa shape index (κ3) is 3.15. The maximum atomic E-state index is 12.6. The van der Waals surface area contributed by atoms with Crippen LogP contribution in [0.3, 0.4) is 0 Å². The minimum Gasteiger partial charge on any atom is -0.383 e. The number of methoxy groups -OCH3 is 1. The van der Waals surface area contributed by atoms with Gasteiger partial charge in [0.05, 0.1) is 13.2 Å². The second kappa shape index (κ2) is 6.93. The van der Waals surface area contributed by atoms with Gasteiger partial charge in [-0.15, -0.1) is 10.2 Å². The van der Waals surface area contributed by atoms with Crippen molar-refractivity contribution in [3.63, 3.8) is 0 Å². The lowest BCUT2D eigenvalue weighted by Gasteiger charge is -2.29. The van der Waals surface area contributed by atoms with E-state index in [2.05, 4.69) is 15.2 Å². The van der Waals surface area contributed by atoms with Crippen molar-refractivity contribution in [2.24, 2.45) is 5.92 Å². The van der Waals surface area contributed by atoms with E-state index >= 15 is 0 Å². The Morgan fingerprint density at radius 1 is 1.36 bits per heavy atom. The Bertz CT molecular complexity index is 627. The lowest BCUT2D eigenvalue weighted by molar-refractivity contribution is -0.124. The van der Waals surface area contributed by atoms with Gasteiger partial charge >= 0.3 is 0 Å². The topological polar surface area (TPSA) is 68.2 Å². The van der Waals surface area contributed by atoms with Crippen molar-refractivity contribution in [2.75, 3.05) is 25.2 Å². The highest BCUT2D eigenvalue weighted by Gasteiger charge is 2.31. The van der Waals surface area contributed by atoms with Crippen LogP contribution in [0.4, 0.5) is 5.13 Å². The monoisotopic (exact) mass is 318 g/mol. The number of hydrogen-bond donors (Lipinski definition) is 0. The summed E-state index contributed by atoms with van der Waals surface area (Å²) in [5.41, 5.74) is 0.960. The molecule has 6 nitrogen and oxygen atoms in total. The molecule has 0 unspecified atom stereocenters. The summed E-state index contributed by atoms with van der Waals surface area (Å²) >= 11 is 1.42. The van der Waals surface area contributed by atoms with Gasteiger partial charge < -0.3 is 4.74 Å². The van der Waals surface area contributed by atoms with Gasteiger partial charge in [0, 0.05) is 31.0 Å². The van der Waals surface area contributed by atoms with E-state index in [-0.39, 0.29) is 11.8 Å². The first-order valence-corrected chi connectivity index (χ1v) is 8.15. The highest BCUT2D eigenvalue weighted by atomic mass is 32.1. The second-order valence-corrected chi connectivity index (χ2v) is 6.19. The van der Waals surface area contributed by atoms with E-state index in [1.165, 1.54) is 11.3 Å². The summed E-state index contributed by atoms with van der Waals surface area (Å²) < 4.78 is 5.12. The number of aromatic nitrogens is 3. The van der Waals surface area contributed by atoms with Gasteiger partial charge in [0.2, 0.25) is 11.0 Å². The van der Waals surface area contributed by atoms with E-state index in [1.54, 1.807) is 24.4 Å². The SMILES string of the molecule is COCCN(C(=O)C1CCC1)c1nnc(-c2ccncc2)s1. The molecule has 1 aliphatic carbocycles. The summed E-state index contributed by atoms with van der Waals surface area (Å²) in [4.78, 5) is 18.3. The fourth-order valence-corrected chi connectivity index (χ4v) is 3.18. The van der Waals surface area contributed by atoms with Crippen LogP contribution in [-0.4, -0.2) is 41.3 Å². The molecular formula is C15H18N4O2S. The zero-order chi connectivity index (χ0) is 15.4. The van der Waals surface area contributed by atoms with Gasteiger partial charge in [0.15, 0.2) is 0 Å². The minimum absolute atomic E-state index is 0.130. The van der Waals surface area contributed by atoms with Crippen LogP contribution in [0.15, 0.2) is 24.5 Å². The highest BCUT2D eigenvalue weighted by molar-refractivity contribution is 7.18. The normalized spacial score (nSPS) is 14.6. The molecule has 0 radical (unpaired) electrons. The van der Waals surface area contributed by atoms with E-state index in [9.17, 15) is 4.79 Å². The van der Waals surface area contributed by atoms with E-state index in [0.29, 0.717) is 18.3 Å². The number of nitrogens with zero attached hydrogens (tertiary/aromatic N) is 4. The maximum Gasteiger partial charge on any atom is 0.232 e. The summed E-state index contributed by atoms with van der Waals surface area (Å²) in [7, 11) is 1.63. The molecule has 2 aromatic rings. The van der Waals surface area contributed by atoms with Crippen molar-refractivity contribution in [2.45, 2.75) is 19.3 Å². The molecule has 0 aromatic carbocycles. The molecule has 0 bridgehead atoms. The third-order valence-electron chi connectivity index (χ3n) is 3.81. The summed E-state index contributed by atoms with van der Waals surface area (Å²) in [6.07, 6.45) is 6.51. The van der Waals surface area contributed by atoms with Gasteiger partial charge in [-0.05, 0) is 25.0 Å². The second-order valence-electron chi connectivity index (χ2n) is 5.24. The van der Waals surface area contributed by atoms with Crippen LogP contribution in [0.25, 0.3) is 10.6 Å².